The van der Waals surface area contributed by atoms with Crippen LogP contribution in [0, 0.1) is 0 Å². The van der Waals surface area contributed by atoms with Crippen LogP contribution < -0.4 is 4.72 Å². The maximum absolute atomic E-state index is 12.4. The first kappa shape index (κ1) is 17.1. The number of nitrogens with one attached hydrogen (secondary N) is 1. The summed E-state index contributed by atoms with van der Waals surface area (Å²) < 4.78 is 31.9. The predicted octanol–water partition coefficient (Wildman–Crippen LogP) is 1.36. The zero-order valence-electron chi connectivity index (χ0n) is 11.7. The molecule has 2 N–H and O–H groups in total. The van der Waals surface area contributed by atoms with Crippen LogP contribution in [-0.4, -0.2) is 38.7 Å². The summed E-state index contributed by atoms with van der Waals surface area (Å²) in [4.78, 5) is 11.5. The molecule has 114 valence electrons. The van der Waals surface area contributed by atoms with Gasteiger partial charge in [0.15, 0.2) is 0 Å². The van der Waals surface area contributed by atoms with E-state index < -0.39 is 21.5 Å². The van der Waals surface area contributed by atoms with Crippen molar-refractivity contribution >= 4 is 27.3 Å². The van der Waals surface area contributed by atoms with Crippen molar-refractivity contribution in [3.05, 3.63) is 16.3 Å². The Bertz CT molecular complexity index is 566. The molecule has 0 saturated carbocycles. The molecule has 1 aromatic heterocycles. The first-order chi connectivity index (χ1) is 9.29. The Hall–Kier alpha value is -0.960. The third-order valence-electron chi connectivity index (χ3n) is 3.11. The van der Waals surface area contributed by atoms with Crippen molar-refractivity contribution in [1.82, 2.24) is 4.72 Å². The van der Waals surface area contributed by atoms with Crippen molar-refractivity contribution < 1.29 is 23.1 Å². The monoisotopic (exact) mass is 321 g/mol. The summed E-state index contributed by atoms with van der Waals surface area (Å²) in [5, 5.41) is 10.6. The Morgan fingerprint density at radius 3 is 2.70 bits per heavy atom. The van der Waals surface area contributed by atoms with Gasteiger partial charge in [0.1, 0.15) is 9.77 Å². The van der Waals surface area contributed by atoms with Crippen LogP contribution in [0.15, 0.2) is 16.3 Å². The van der Waals surface area contributed by atoms with Crippen LogP contribution in [0.5, 0.6) is 0 Å². The highest BCUT2D eigenvalue weighted by Gasteiger charge is 2.32. The average molecular weight is 321 g/mol. The van der Waals surface area contributed by atoms with E-state index in [0.29, 0.717) is 12.8 Å². The first-order valence-corrected chi connectivity index (χ1v) is 8.46. The van der Waals surface area contributed by atoms with Gasteiger partial charge in [-0.05, 0) is 31.2 Å². The molecule has 8 heteroatoms. The Balaban J connectivity index is 3.12. The molecule has 20 heavy (non-hydrogen) atoms. The highest BCUT2D eigenvalue weighted by atomic mass is 32.2. The summed E-state index contributed by atoms with van der Waals surface area (Å²) in [5.74, 6) is -0.680. The topological polar surface area (TPSA) is 92.7 Å². The summed E-state index contributed by atoms with van der Waals surface area (Å²) in [7, 11) is -2.64. The minimum absolute atomic E-state index is 0.0439. The molecule has 6 nitrogen and oxygen atoms in total. The molecule has 1 aromatic rings. The number of carbonyl (C=O) groups excluding carboxylic acids is 1. The highest BCUT2D eigenvalue weighted by Crippen LogP contribution is 2.25. The lowest BCUT2D eigenvalue weighted by Crippen LogP contribution is -2.46. The fraction of sp³-hybridized carbons (Fsp3) is 0.583. The van der Waals surface area contributed by atoms with E-state index in [-0.39, 0.29) is 16.4 Å². The van der Waals surface area contributed by atoms with Crippen molar-refractivity contribution in [2.45, 2.75) is 37.1 Å². The molecule has 0 aliphatic rings. The number of sulfonamides is 1. The Morgan fingerprint density at radius 1 is 1.55 bits per heavy atom. The van der Waals surface area contributed by atoms with Crippen LogP contribution in [0.2, 0.25) is 0 Å². The van der Waals surface area contributed by atoms with Gasteiger partial charge in [-0.15, -0.1) is 11.3 Å². The average Bonchev–Trinajstić information content (AvgIpc) is 2.87. The van der Waals surface area contributed by atoms with Gasteiger partial charge in [-0.2, -0.15) is 0 Å². The van der Waals surface area contributed by atoms with Crippen LogP contribution >= 0.6 is 11.3 Å². The largest absolute Gasteiger partial charge is 0.465 e. The number of esters is 1. The van der Waals surface area contributed by atoms with Crippen LogP contribution in [0.25, 0.3) is 0 Å². The summed E-state index contributed by atoms with van der Waals surface area (Å²) in [6.45, 7) is 3.42. The molecule has 0 radical (unpaired) electrons. The summed E-state index contributed by atoms with van der Waals surface area (Å²) in [6.07, 6.45) is 0.810. The molecule has 0 amide bonds. The number of ether oxygens (including phenoxy) is 1. The molecule has 0 fully saturated rings. The van der Waals surface area contributed by atoms with E-state index in [0.717, 1.165) is 11.3 Å². The zero-order valence-corrected chi connectivity index (χ0v) is 13.3. The van der Waals surface area contributed by atoms with Gasteiger partial charge < -0.3 is 9.84 Å². The fourth-order valence-electron chi connectivity index (χ4n) is 1.68. The first-order valence-electron chi connectivity index (χ1n) is 6.10. The van der Waals surface area contributed by atoms with Gasteiger partial charge in [0, 0.05) is 12.1 Å². The number of methoxy groups -OCH3 is 1. The van der Waals surface area contributed by atoms with E-state index >= 15 is 0 Å². The molecule has 0 spiro atoms. The molecule has 0 aromatic carbocycles. The number of aliphatic hydroxyl groups is 1. The Morgan fingerprint density at radius 2 is 2.20 bits per heavy atom. The minimum Gasteiger partial charge on any atom is -0.465 e. The van der Waals surface area contributed by atoms with Gasteiger partial charge in [0.05, 0.1) is 7.11 Å². The lowest BCUT2D eigenvalue weighted by molar-refractivity contribution is 0.0602. The van der Waals surface area contributed by atoms with Gasteiger partial charge in [-0.25, -0.2) is 17.9 Å². The number of hydrogen-bond donors (Lipinski definition) is 2. The molecule has 0 saturated heterocycles. The normalized spacial score (nSPS) is 14.8. The molecule has 1 unspecified atom stereocenters. The second-order valence-electron chi connectivity index (χ2n) is 4.60. The summed E-state index contributed by atoms with van der Waals surface area (Å²) in [5.41, 5.74) is -0.761. The minimum atomic E-state index is -3.85. The molecular formula is C12H19NO5S2. The number of thiophene rings is 1. The summed E-state index contributed by atoms with van der Waals surface area (Å²) in [6, 6.07) is 1.37. The SMILES string of the molecule is CCC(C)(CCO)NS(=O)(=O)c1ccsc1C(=O)OC. The van der Waals surface area contributed by atoms with Crippen LogP contribution in [0.1, 0.15) is 36.4 Å². The van der Waals surface area contributed by atoms with E-state index in [1.807, 2.05) is 6.92 Å². The van der Waals surface area contributed by atoms with Crippen molar-refractivity contribution in [3.63, 3.8) is 0 Å². The number of rotatable bonds is 7. The van der Waals surface area contributed by atoms with Gasteiger partial charge >= 0.3 is 5.97 Å². The van der Waals surface area contributed by atoms with Crippen molar-refractivity contribution in [3.8, 4) is 0 Å². The maximum Gasteiger partial charge on any atom is 0.349 e. The molecular weight excluding hydrogens is 302 g/mol. The fourth-order valence-corrected chi connectivity index (χ4v) is 4.52. The van der Waals surface area contributed by atoms with Crippen molar-refractivity contribution in [2.24, 2.45) is 0 Å². The Labute approximate surface area is 122 Å². The van der Waals surface area contributed by atoms with E-state index in [2.05, 4.69) is 9.46 Å². The van der Waals surface area contributed by atoms with Crippen LogP contribution in [-0.2, 0) is 14.8 Å². The molecule has 0 bridgehead atoms. The molecule has 0 aliphatic heterocycles. The predicted molar refractivity (Wildman–Crippen MR) is 76.4 cm³/mol. The number of hydrogen-bond acceptors (Lipinski definition) is 6. The van der Waals surface area contributed by atoms with Gasteiger partial charge in [0.25, 0.3) is 0 Å². The lowest BCUT2D eigenvalue weighted by atomic mass is 9.97. The van der Waals surface area contributed by atoms with Crippen LogP contribution in [0.4, 0.5) is 0 Å². The highest BCUT2D eigenvalue weighted by molar-refractivity contribution is 7.89. The van der Waals surface area contributed by atoms with Crippen LogP contribution in [0.3, 0.4) is 0 Å². The van der Waals surface area contributed by atoms with Crippen molar-refractivity contribution in [1.29, 1.82) is 0 Å². The molecule has 1 rings (SSSR count). The Kier molecular flexibility index (Phi) is 5.69. The molecule has 1 atom stereocenters. The van der Waals surface area contributed by atoms with E-state index in [1.54, 1.807) is 6.92 Å². The van der Waals surface area contributed by atoms with E-state index in [4.69, 9.17) is 5.11 Å². The second-order valence-corrected chi connectivity index (χ2v) is 7.17. The smallest absolute Gasteiger partial charge is 0.349 e. The lowest BCUT2D eigenvalue weighted by Gasteiger charge is -2.28. The second kappa shape index (κ2) is 6.66. The molecule has 0 aliphatic carbocycles. The molecule has 1 heterocycles. The van der Waals surface area contributed by atoms with E-state index in [9.17, 15) is 13.2 Å². The quantitative estimate of drug-likeness (QED) is 0.740. The van der Waals surface area contributed by atoms with Gasteiger partial charge in [-0.3, -0.25) is 0 Å². The number of aliphatic hydroxyl groups excluding tert-OH is 1. The standard InChI is InChI=1S/C12H19NO5S2/c1-4-12(2,6-7-14)13-20(16,17)9-5-8-19-10(9)11(15)18-3/h5,8,13-14H,4,6-7H2,1-3H3. The number of carbonyl (C=O) groups is 1. The third-order valence-corrected chi connectivity index (χ3v) is 5.82. The van der Waals surface area contributed by atoms with Crippen molar-refractivity contribution in [2.75, 3.05) is 13.7 Å². The van der Waals surface area contributed by atoms with Gasteiger partial charge in [0.2, 0.25) is 10.0 Å². The maximum atomic E-state index is 12.4. The third kappa shape index (κ3) is 3.78. The van der Waals surface area contributed by atoms with E-state index in [1.165, 1.54) is 18.6 Å². The summed E-state index contributed by atoms with van der Waals surface area (Å²) >= 11 is 1.01. The van der Waals surface area contributed by atoms with Gasteiger partial charge in [-0.1, -0.05) is 6.92 Å². The zero-order chi connectivity index (χ0) is 15.4.